The highest BCUT2D eigenvalue weighted by atomic mass is 19.4. The molecular weight excluding hydrogens is 309 g/mol. The summed E-state index contributed by atoms with van der Waals surface area (Å²) in [6.45, 7) is 4.16. The zero-order valence-electron chi connectivity index (χ0n) is 12.3. The number of hydrogen-bond acceptors (Lipinski definition) is 4. The van der Waals surface area contributed by atoms with E-state index in [1.54, 1.807) is 23.9 Å². The molecule has 6 nitrogen and oxygen atoms in total. The van der Waals surface area contributed by atoms with Gasteiger partial charge >= 0.3 is 6.18 Å². The van der Waals surface area contributed by atoms with Gasteiger partial charge in [-0.25, -0.2) is 9.50 Å². The molecule has 0 aromatic carbocycles. The summed E-state index contributed by atoms with van der Waals surface area (Å²) >= 11 is 0. The van der Waals surface area contributed by atoms with Crippen LogP contribution in [-0.4, -0.2) is 24.4 Å². The molecule has 3 aromatic heterocycles. The summed E-state index contributed by atoms with van der Waals surface area (Å²) < 4.78 is 42.2. The van der Waals surface area contributed by atoms with Gasteiger partial charge in [0.25, 0.3) is 0 Å². The third-order valence-corrected chi connectivity index (χ3v) is 3.43. The summed E-state index contributed by atoms with van der Waals surface area (Å²) in [6.07, 6.45) is -1.91. The Hall–Kier alpha value is -2.89. The molecule has 0 amide bonds. The van der Waals surface area contributed by atoms with Gasteiger partial charge in [0, 0.05) is 18.3 Å². The largest absolute Gasteiger partial charge is 0.433 e. The van der Waals surface area contributed by atoms with Crippen LogP contribution in [0.5, 0.6) is 0 Å². The Balaban J connectivity index is 2.33. The van der Waals surface area contributed by atoms with Crippen molar-refractivity contribution in [3.63, 3.8) is 0 Å². The second kappa shape index (κ2) is 5.08. The molecule has 0 aliphatic carbocycles. The van der Waals surface area contributed by atoms with E-state index < -0.39 is 11.9 Å². The van der Waals surface area contributed by atoms with Crippen molar-refractivity contribution in [1.29, 1.82) is 5.26 Å². The highest BCUT2D eigenvalue weighted by Gasteiger charge is 2.35. The molecule has 0 aliphatic heterocycles. The number of nitrogens with zero attached hydrogens (tertiary/aromatic N) is 6. The normalized spacial score (nSPS) is 11.8. The molecule has 0 bridgehead atoms. The van der Waals surface area contributed by atoms with Crippen molar-refractivity contribution in [1.82, 2.24) is 24.4 Å². The number of fused-ring (bicyclic) bond motifs is 1. The van der Waals surface area contributed by atoms with E-state index in [2.05, 4.69) is 15.2 Å². The first-order valence-corrected chi connectivity index (χ1v) is 6.75. The second-order valence-corrected chi connectivity index (χ2v) is 4.91. The average molecular weight is 320 g/mol. The van der Waals surface area contributed by atoms with Crippen LogP contribution in [-0.2, 0) is 12.7 Å². The molecule has 0 radical (unpaired) electrons. The van der Waals surface area contributed by atoms with E-state index in [0.717, 1.165) is 12.3 Å². The molecule has 0 saturated heterocycles. The molecule has 0 fully saturated rings. The fourth-order valence-corrected chi connectivity index (χ4v) is 2.31. The molecule has 0 unspecified atom stereocenters. The molecule has 0 N–H and O–H groups in total. The number of alkyl halides is 3. The van der Waals surface area contributed by atoms with Crippen LogP contribution in [0.15, 0.2) is 18.5 Å². The van der Waals surface area contributed by atoms with Gasteiger partial charge in [0.2, 0.25) is 0 Å². The fraction of sp³-hybridized carbons (Fsp3) is 0.286. The lowest BCUT2D eigenvalue weighted by molar-refractivity contribution is -0.142. The number of halogens is 3. The van der Waals surface area contributed by atoms with Crippen molar-refractivity contribution in [2.24, 2.45) is 0 Å². The summed E-state index contributed by atoms with van der Waals surface area (Å²) in [6, 6.07) is 2.73. The van der Waals surface area contributed by atoms with Gasteiger partial charge in [0.05, 0.1) is 17.6 Å². The van der Waals surface area contributed by atoms with E-state index in [1.807, 2.05) is 6.92 Å². The maximum absolute atomic E-state index is 13.3. The Labute approximate surface area is 128 Å². The lowest BCUT2D eigenvalue weighted by atomic mass is 10.1. The SMILES string of the molecule is CCn1cc(-c2cc(C(F)(F)F)n3ncc(C#N)c3n2)c(C)n1. The molecule has 9 heteroatoms. The third kappa shape index (κ3) is 2.42. The van der Waals surface area contributed by atoms with E-state index in [0.29, 0.717) is 22.3 Å². The van der Waals surface area contributed by atoms with Crippen molar-refractivity contribution in [3.05, 3.63) is 35.4 Å². The summed E-state index contributed by atoms with van der Waals surface area (Å²) in [4.78, 5) is 4.18. The standard InChI is InChI=1S/C14H11F3N6/c1-3-22-7-10(8(2)21-22)11-4-12(14(15,16)17)23-13(20-11)9(5-18)6-19-23/h4,6-7H,3H2,1-2H3. The van der Waals surface area contributed by atoms with Crippen molar-refractivity contribution >= 4 is 5.65 Å². The van der Waals surface area contributed by atoms with Crippen molar-refractivity contribution in [2.45, 2.75) is 26.6 Å². The third-order valence-electron chi connectivity index (χ3n) is 3.43. The molecule has 0 aliphatic rings. The van der Waals surface area contributed by atoms with E-state index in [4.69, 9.17) is 5.26 Å². The van der Waals surface area contributed by atoms with Crippen LogP contribution < -0.4 is 0 Å². The maximum Gasteiger partial charge on any atom is 0.433 e. The molecule has 3 rings (SSSR count). The fourth-order valence-electron chi connectivity index (χ4n) is 2.31. The summed E-state index contributed by atoms with van der Waals surface area (Å²) in [5.41, 5.74) is 0.0420. The first kappa shape index (κ1) is 15.0. The molecule has 3 aromatic rings. The van der Waals surface area contributed by atoms with Crippen molar-refractivity contribution in [2.75, 3.05) is 0 Å². The molecular formula is C14H11F3N6. The Morgan fingerprint density at radius 3 is 2.65 bits per heavy atom. The van der Waals surface area contributed by atoms with Gasteiger partial charge in [-0.15, -0.1) is 0 Å². The Morgan fingerprint density at radius 2 is 2.09 bits per heavy atom. The van der Waals surface area contributed by atoms with E-state index >= 15 is 0 Å². The zero-order valence-corrected chi connectivity index (χ0v) is 12.3. The Kier molecular flexibility index (Phi) is 3.32. The van der Waals surface area contributed by atoms with E-state index in [1.165, 1.54) is 0 Å². The Bertz CT molecular complexity index is 929. The number of hydrogen-bond donors (Lipinski definition) is 0. The van der Waals surface area contributed by atoms with Gasteiger partial charge in [-0.1, -0.05) is 0 Å². The lowest BCUT2D eigenvalue weighted by Crippen LogP contribution is -2.13. The zero-order chi connectivity index (χ0) is 16.8. The molecule has 0 spiro atoms. The van der Waals surface area contributed by atoms with Gasteiger partial charge in [0.15, 0.2) is 11.3 Å². The topological polar surface area (TPSA) is 71.8 Å². The van der Waals surface area contributed by atoms with E-state index in [9.17, 15) is 13.2 Å². The van der Waals surface area contributed by atoms with Gasteiger partial charge in [0.1, 0.15) is 11.6 Å². The number of nitriles is 1. The molecule has 23 heavy (non-hydrogen) atoms. The van der Waals surface area contributed by atoms with Crippen LogP contribution in [0.3, 0.4) is 0 Å². The minimum atomic E-state index is -4.62. The first-order chi connectivity index (χ1) is 10.8. The van der Waals surface area contributed by atoms with Crippen LogP contribution in [0.2, 0.25) is 0 Å². The molecule has 118 valence electrons. The molecule has 3 heterocycles. The summed E-state index contributed by atoms with van der Waals surface area (Å²) in [5, 5.41) is 16.9. The summed E-state index contributed by atoms with van der Waals surface area (Å²) in [7, 11) is 0. The highest BCUT2D eigenvalue weighted by Crippen LogP contribution is 2.33. The number of aryl methyl sites for hydroxylation is 2. The van der Waals surface area contributed by atoms with E-state index in [-0.39, 0.29) is 16.9 Å². The van der Waals surface area contributed by atoms with Crippen LogP contribution in [0.4, 0.5) is 13.2 Å². The van der Waals surface area contributed by atoms with Crippen LogP contribution in [0.1, 0.15) is 23.9 Å². The van der Waals surface area contributed by atoms with Gasteiger partial charge in [-0.05, 0) is 19.9 Å². The van der Waals surface area contributed by atoms with Gasteiger partial charge in [-0.3, -0.25) is 4.68 Å². The highest BCUT2D eigenvalue weighted by molar-refractivity contribution is 5.66. The number of aromatic nitrogens is 5. The van der Waals surface area contributed by atoms with Crippen LogP contribution in [0.25, 0.3) is 16.9 Å². The van der Waals surface area contributed by atoms with Crippen LogP contribution >= 0.6 is 0 Å². The minimum Gasteiger partial charge on any atom is -0.272 e. The predicted molar refractivity (Wildman–Crippen MR) is 74.3 cm³/mol. The smallest absolute Gasteiger partial charge is 0.272 e. The first-order valence-electron chi connectivity index (χ1n) is 6.75. The second-order valence-electron chi connectivity index (χ2n) is 4.91. The Morgan fingerprint density at radius 1 is 1.35 bits per heavy atom. The molecule has 0 atom stereocenters. The van der Waals surface area contributed by atoms with Crippen LogP contribution in [0, 0.1) is 18.3 Å². The van der Waals surface area contributed by atoms with Gasteiger partial charge < -0.3 is 0 Å². The monoisotopic (exact) mass is 320 g/mol. The molecule has 0 saturated carbocycles. The average Bonchev–Trinajstić information content (AvgIpc) is 3.07. The van der Waals surface area contributed by atoms with Crippen molar-refractivity contribution in [3.8, 4) is 17.3 Å². The minimum absolute atomic E-state index is 0.0158. The van der Waals surface area contributed by atoms with Crippen molar-refractivity contribution < 1.29 is 13.2 Å². The number of rotatable bonds is 2. The lowest BCUT2D eigenvalue weighted by Gasteiger charge is -2.10. The quantitative estimate of drug-likeness (QED) is 0.728. The predicted octanol–water partition coefficient (Wildman–Crippen LogP) is 2.81. The summed E-state index contributed by atoms with van der Waals surface area (Å²) in [5.74, 6) is 0. The maximum atomic E-state index is 13.3. The van der Waals surface area contributed by atoms with Gasteiger partial charge in [-0.2, -0.15) is 28.6 Å².